The molecule has 16 heavy (non-hydrogen) atoms. The molecule has 0 saturated carbocycles. The summed E-state index contributed by atoms with van der Waals surface area (Å²) in [4.78, 5) is 0.119. The van der Waals surface area contributed by atoms with Gasteiger partial charge in [0.25, 0.3) is 0 Å². The molecule has 0 bridgehead atoms. The van der Waals surface area contributed by atoms with Gasteiger partial charge in [-0.2, -0.15) is 0 Å². The number of rotatable bonds is 5. The van der Waals surface area contributed by atoms with Crippen LogP contribution in [0.3, 0.4) is 0 Å². The smallest absolute Gasteiger partial charge is 0.245 e. The zero-order chi connectivity index (χ0) is 12.2. The van der Waals surface area contributed by atoms with Crippen molar-refractivity contribution >= 4 is 10.0 Å². The second kappa shape index (κ2) is 5.14. The first-order valence-electron chi connectivity index (χ1n) is 4.85. The Morgan fingerprint density at radius 1 is 1.50 bits per heavy atom. The molecule has 0 aliphatic rings. The first kappa shape index (κ1) is 12.7. The minimum Gasteiger partial charge on any atom is -0.360 e. The summed E-state index contributed by atoms with van der Waals surface area (Å²) in [6.45, 7) is 3.47. The van der Waals surface area contributed by atoms with Crippen LogP contribution in [-0.2, 0) is 10.0 Å². The van der Waals surface area contributed by atoms with Crippen molar-refractivity contribution in [2.45, 2.75) is 31.6 Å². The molecule has 0 aliphatic heterocycles. The van der Waals surface area contributed by atoms with Crippen molar-refractivity contribution < 1.29 is 12.9 Å². The van der Waals surface area contributed by atoms with Crippen LogP contribution in [0.15, 0.2) is 9.42 Å². The maximum absolute atomic E-state index is 11.8. The first-order valence-corrected chi connectivity index (χ1v) is 6.33. The molecule has 0 atom stereocenters. The maximum atomic E-state index is 11.8. The molecule has 0 aromatic carbocycles. The Hall–Kier alpha value is -1.32. The molecule has 0 spiro atoms. The molecule has 1 rings (SSSR count). The van der Waals surface area contributed by atoms with E-state index in [0.29, 0.717) is 30.8 Å². The lowest BCUT2D eigenvalue weighted by atomic mass is 10.3. The highest BCUT2D eigenvalue weighted by atomic mass is 32.2. The van der Waals surface area contributed by atoms with Gasteiger partial charge < -0.3 is 4.52 Å². The van der Waals surface area contributed by atoms with Gasteiger partial charge in [0.15, 0.2) is 5.76 Å². The molecular weight excluding hydrogens is 228 g/mol. The first-order chi connectivity index (χ1) is 7.49. The van der Waals surface area contributed by atoms with Gasteiger partial charge in [-0.05, 0) is 20.3 Å². The van der Waals surface area contributed by atoms with Gasteiger partial charge in [-0.1, -0.05) is 5.16 Å². The molecule has 0 radical (unpaired) electrons. The molecule has 0 aliphatic carbocycles. The number of nitrogens with zero attached hydrogens (tertiary/aromatic N) is 1. The van der Waals surface area contributed by atoms with Gasteiger partial charge in [0.2, 0.25) is 10.0 Å². The fraction of sp³-hybridized carbons (Fsp3) is 0.500. The quantitative estimate of drug-likeness (QED) is 0.617. The van der Waals surface area contributed by atoms with E-state index in [9.17, 15) is 8.42 Å². The van der Waals surface area contributed by atoms with Crippen molar-refractivity contribution in [3.8, 4) is 12.3 Å². The van der Waals surface area contributed by atoms with E-state index in [1.165, 1.54) is 0 Å². The number of sulfonamides is 1. The van der Waals surface area contributed by atoms with E-state index in [0.717, 1.165) is 0 Å². The predicted octanol–water partition coefficient (Wildman–Crippen LogP) is 0.983. The molecule has 1 heterocycles. The van der Waals surface area contributed by atoms with Gasteiger partial charge in [0, 0.05) is 13.0 Å². The van der Waals surface area contributed by atoms with Gasteiger partial charge in [0.05, 0.1) is 0 Å². The number of nitrogens with one attached hydrogen (secondary N) is 1. The fourth-order valence-electron chi connectivity index (χ4n) is 1.33. The molecule has 0 fully saturated rings. The van der Waals surface area contributed by atoms with E-state index >= 15 is 0 Å². The van der Waals surface area contributed by atoms with E-state index in [1.54, 1.807) is 13.8 Å². The Morgan fingerprint density at radius 2 is 2.19 bits per heavy atom. The normalized spacial score (nSPS) is 11.3. The summed E-state index contributed by atoms with van der Waals surface area (Å²) in [5.74, 6) is 2.74. The average Bonchev–Trinajstić information content (AvgIpc) is 2.54. The third kappa shape index (κ3) is 2.84. The fourth-order valence-corrected chi connectivity index (χ4v) is 2.73. The molecule has 0 amide bonds. The van der Waals surface area contributed by atoms with Crippen LogP contribution < -0.4 is 4.72 Å². The number of unbranched alkanes of at least 4 members (excludes halogenated alkanes) is 1. The van der Waals surface area contributed by atoms with E-state index in [2.05, 4.69) is 15.8 Å². The van der Waals surface area contributed by atoms with Crippen LogP contribution in [0, 0.1) is 26.2 Å². The summed E-state index contributed by atoms with van der Waals surface area (Å²) in [6, 6.07) is 0. The van der Waals surface area contributed by atoms with Crippen LogP contribution in [0.25, 0.3) is 0 Å². The van der Waals surface area contributed by atoms with Crippen LogP contribution in [0.5, 0.6) is 0 Å². The summed E-state index contributed by atoms with van der Waals surface area (Å²) in [7, 11) is -3.53. The summed E-state index contributed by atoms with van der Waals surface area (Å²) < 4.78 is 30.9. The third-order valence-corrected chi connectivity index (χ3v) is 3.73. The number of aryl methyl sites for hydroxylation is 2. The molecule has 1 aromatic heterocycles. The summed E-state index contributed by atoms with van der Waals surface area (Å²) in [6.07, 6.45) is 6.22. The molecule has 0 unspecified atom stereocenters. The highest BCUT2D eigenvalue weighted by molar-refractivity contribution is 7.89. The topological polar surface area (TPSA) is 72.2 Å². The van der Waals surface area contributed by atoms with Crippen LogP contribution in [0.4, 0.5) is 0 Å². The van der Waals surface area contributed by atoms with E-state index < -0.39 is 10.0 Å². The van der Waals surface area contributed by atoms with Crippen molar-refractivity contribution in [2.75, 3.05) is 6.54 Å². The number of aromatic nitrogens is 1. The minimum absolute atomic E-state index is 0.119. The number of terminal acetylenes is 1. The van der Waals surface area contributed by atoms with Crippen molar-refractivity contribution in [3.63, 3.8) is 0 Å². The van der Waals surface area contributed by atoms with Crippen LogP contribution in [0.1, 0.15) is 24.3 Å². The van der Waals surface area contributed by atoms with E-state index in [1.807, 2.05) is 0 Å². The average molecular weight is 242 g/mol. The molecule has 1 aromatic rings. The monoisotopic (exact) mass is 242 g/mol. The largest absolute Gasteiger partial charge is 0.360 e. The highest BCUT2D eigenvalue weighted by Gasteiger charge is 2.23. The summed E-state index contributed by atoms with van der Waals surface area (Å²) in [5.41, 5.74) is 0.363. The van der Waals surface area contributed by atoms with Crippen molar-refractivity contribution in [3.05, 3.63) is 11.5 Å². The van der Waals surface area contributed by atoms with E-state index in [4.69, 9.17) is 10.9 Å². The van der Waals surface area contributed by atoms with Crippen molar-refractivity contribution in [1.82, 2.24) is 9.88 Å². The van der Waals surface area contributed by atoms with Gasteiger partial charge in [-0.3, -0.25) is 0 Å². The number of hydrogen-bond donors (Lipinski definition) is 1. The Bertz CT molecular complexity index is 477. The lowest BCUT2D eigenvalue weighted by molar-refractivity contribution is 0.390. The van der Waals surface area contributed by atoms with Crippen LogP contribution in [0.2, 0.25) is 0 Å². The zero-order valence-electron chi connectivity index (χ0n) is 9.28. The lowest BCUT2D eigenvalue weighted by Crippen LogP contribution is -2.25. The second-order valence-electron chi connectivity index (χ2n) is 3.36. The van der Waals surface area contributed by atoms with Gasteiger partial charge >= 0.3 is 0 Å². The van der Waals surface area contributed by atoms with E-state index in [-0.39, 0.29) is 4.90 Å². The predicted molar refractivity (Wildman–Crippen MR) is 59.2 cm³/mol. The Labute approximate surface area is 95.3 Å². The Balaban J connectivity index is 2.76. The molecular formula is C10H14N2O3S. The molecule has 0 saturated heterocycles. The SMILES string of the molecule is C#CCCCNS(=O)(=O)c1c(C)noc1C. The summed E-state index contributed by atoms with van der Waals surface area (Å²) in [5, 5.41) is 3.60. The van der Waals surface area contributed by atoms with Crippen molar-refractivity contribution in [2.24, 2.45) is 0 Å². The standard InChI is InChI=1S/C10H14N2O3S/c1-4-5-6-7-11-16(13,14)10-8(2)12-15-9(10)3/h1,11H,5-7H2,2-3H3. The molecule has 1 N–H and O–H groups in total. The van der Waals surface area contributed by atoms with Gasteiger partial charge in [-0.25, -0.2) is 13.1 Å². The second-order valence-corrected chi connectivity index (χ2v) is 5.06. The van der Waals surface area contributed by atoms with Crippen molar-refractivity contribution in [1.29, 1.82) is 0 Å². The molecule has 5 nitrogen and oxygen atoms in total. The van der Waals surface area contributed by atoms with Crippen LogP contribution >= 0.6 is 0 Å². The third-order valence-electron chi connectivity index (χ3n) is 2.03. The minimum atomic E-state index is -3.53. The molecule has 88 valence electrons. The molecule has 6 heteroatoms. The van der Waals surface area contributed by atoms with Crippen LogP contribution in [-0.4, -0.2) is 20.1 Å². The summed E-state index contributed by atoms with van der Waals surface area (Å²) >= 11 is 0. The number of hydrogen-bond acceptors (Lipinski definition) is 4. The lowest BCUT2D eigenvalue weighted by Gasteiger charge is -2.04. The Kier molecular flexibility index (Phi) is 4.10. The zero-order valence-corrected chi connectivity index (χ0v) is 10.1. The van der Waals surface area contributed by atoms with Gasteiger partial charge in [-0.15, -0.1) is 12.3 Å². The van der Waals surface area contributed by atoms with Gasteiger partial charge in [0.1, 0.15) is 10.6 Å². The maximum Gasteiger partial charge on any atom is 0.245 e. The Morgan fingerprint density at radius 3 is 2.69 bits per heavy atom. The highest BCUT2D eigenvalue weighted by Crippen LogP contribution is 2.18.